The molecule has 0 aromatic heterocycles. The van der Waals surface area contributed by atoms with Gasteiger partial charge in [0.05, 0.1) is 6.10 Å². The lowest BCUT2D eigenvalue weighted by Crippen LogP contribution is -2.47. The van der Waals surface area contributed by atoms with E-state index in [1.54, 1.807) is 5.56 Å². The van der Waals surface area contributed by atoms with Crippen LogP contribution in [0, 0.1) is 64.1 Å². The fraction of sp³-hybridized carbons (Fsp3) is 0.733. The number of benzene rings is 2. The van der Waals surface area contributed by atoms with Crippen LogP contribution in [0.5, 0.6) is 0 Å². The molecule has 2 aromatic rings. The van der Waals surface area contributed by atoms with Gasteiger partial charge in [-0.2, -0.15) is 0 Å². The van der Waals surface area contributed by atoms with Gasteiger partial charge in [0.1, 0.15) is 0 Å². The summed E-state index contributed by atoms with van der Waals surface area (Å²) >= 11 is 0. The van der Waals surface area contributed by atoms with E-state index in [0.29, 0.717) is 23.4 Å². The first-order valence-corrected chi connectivity index (χ1v) is 19.3. The van der Waals surface area contributed by atoms with Crippen LogP contribution < -0.4 is 0 Å². The fourth-order valence-corrected chi connectivity index (χ4v) is 11.8. The second kappa shape index (κ2) is 12.7. The van der Waals surface area contributed by atoms with Crippen LogP contribution in [0.2, 0.25) is 0 Å². The smallest absolute Gasteiger partial charge is 0.0675 e. The van der Waals surface area contributed by atoms with Crippen LogP contribution in [0.3, 0.4) is 0 Å². The normalized spacial score (nSPS) is 38.4. The fourth-order valence-electron chi connectivity index (χ4n) is 11.8. The van der Waals surface area contributed by atoms with Crippen molar-refractivity contribution < 1.29 is 4.74 Å². The molecule has 0 heterocycles. The van der Waals surface area contributed by atoms with E-state index in [9.17, 15) is 0 Å². The Bertz CT molecular complexity index is 1290. The zero-order valence-corrected chi connectivity index (χ0v) is 31.5. The molecule has 0 N–H and O–H groups in total. The molecule has 254 valence electrons. The van der Waals surface area contributed by atoms with Crippen LogP contribution in [0.4, 0.5) is 0 Å². The van der Waals surface area contributed by atoms with Gasteiger partial charge in [-0.05, 0) is 137 Å². The summed E-state index contributed by atoms with van der Waals surface area (Å²) in [6.45, 7) is 24.7. The first-order chi connectivity index (χ1) is 21.6. The van der Waals surface area contributed by atoms with Crippen LogP contribution >= 0.6 is 0 Å². The minimum absolute atomic E-state index is 0.212. The van der Waals surface area contributed by atoms with E-state index in [-0.39, 0.29) is 10.8 Å². The molecule has 4 aliphatic carbocycles. The second-order valence-electron chi connectivity index (χ2n) is 20.0. The molecule has 12 unspecified atom stereocenters. The molecule has 4 fully saturated rings. The zero-order chi connectivity index (χ0) is 33.2. The predicted octanol–water partition coefficient (Wildman–Crippen LogP) is 12.3. The molecule has 12 atom stereocenters. The first kappa shape index (κ1) is 34.3. The van der Waals surface area contributed by atoms with Gasteiger partial charge in [0.25, 0.3) is 0 Å². The minimum Gasteiger partial charge on any atom is -0.381 e. The largest absolute Gasteiger partial charge is 0.381 e. The van der Waals surface area contributed by atoms with Crippen molar-refractivity contribution in [3.63, 3.8) is 0 Å². The van der Waals surface area contributed by atoms with E-state index >= 15 is 0 Å². The summed E-state index contributed by atoms with van der Waals surface area (Å²) in [5.74, 6) is 8.48. The van der Waals surface area contributed by atoms with E-state index < -0.39 is 0 Å². The highest BCUT2D eigenvalue weighted by molar-refractivity contribution is 5.31. The van der Waals surface area contributed by atoms with Gasteiger partial charge in [0.15, 0.2) is 0 Å². The van der Waals surface area contributed by atoms with Gasteiger partial charge in [-0.1, -0.05) is 124 Å². The molecule has 4 saturated carbocycles. The molecule has 4 aliphatic rings. The summed E-state index contributed by atoms with van der Waals surface area (Å²) < 4.78 is 6.50. The summed E-state index contributed by atoms with van der Waals surface area (Å²) in [6.07, 6.45) is 10.2. The quantitative estimate of drug-likeness (QED) is 0.321. The van der Waals surface area contributed by atoms with Gasteiger partial charge < -0.3 is 4.74 Å². The Morgan fingerprint density at radius 3 is 1.91 bits per heavy atom. The highest BCUT2D eigenvalue weighted by Crippen LogP contribution is 2.63. The van der Waals surface area contributed by atoms with E-state index in [0.717, 1.165) is 53.3 Å². The van der Waals surface area contributed by atoms with Crippen molar-refractivity contribution in [3.8, 4) is 0 Å². The SMILES string of the molecule is COC1C(c2ccccc2)C2CC(C)C(CC3CCC4C(c5ccc(C(C)(C)C)cc5)CC(C(C)(C)C)CC34)C2CC1C(C)(C)C. The minimum atomic E-state index is 0.212. The van der Waals surface area contributed by atoms with Crippen LogP contribution in [0.25, 0.3) is 0 Å². The number of hydrogen-bond donors (Lipinski definition) is 0. The summed E-state index contributed by atoms with van der Waals surface area (Å²) in [4.78, 5) is 0. The van der Waals surface area contributed by atoms with Crippen molar-refractivity contribution in [2.24, 2.45) is 64.1 Å². The second-order valence-corrected chi connectivity index (χ2v) is 20.0. The third kappa shape index (κ3) is 6.54. The molecule has 2 aromatic carbocycles. The summed E-state index contributed by atoms with van der Waals surface area (Å²) in [6, 6.07) is 21.4. The Hall–Kier alpha value is -1.60. The lowest BCUT2D eigenvalue weighted by molar-refractivity contribution is -0.0757. The Morgan fingerprint density at radius 2 is 1.33 bits per heavy atom. The zero-order valence-electron chi connectivity index (χ0n) is 31.5. The average molecular weight is 625 g/mol. The molecule has 0 saturated heterocycles. The van der Waals surface area contributed by atoms with Crippen LogP contribution in [-0.2, 0) is 10.2 Å². The Balaban J connectivity index is 1.28. The van der Waals surface area contributed by atoms with Crippen molar-refractivity contribution in [1.82, 2.24) is 0 Å². The molecule has 0 bridgehead atoms. The lowest BCUT2D eigenvalue weighted by Gasteiger charge is -2.51. The monoisotopic (exact) mass is 625 g/mol. The molecule has 0 amide bonds. The van der Waals surface area contributed by atoms with Gasteiger partial charge in [-0.3, -0.25) is 0 Å². The maximum atomic E-state index is 6.50. The van der Waals surface area contributed by atoms with Crippen molar-refractivity contribution >= 4 is 0 Å². The van der Waals surface area contributed by atoms with Crippen LogP contribution in [0.1, 0.15) is 143 Å². The number of methoxy groups -OCH3 is 1. The van der Waals surface area contributed by atoms with E-state index in [1.165, 1.54) is 56.1 Å². The highest BCUT2D eigenvalue weighted by atomic mass is 16.5. The third-order valence-corrected chi connectivity index (χ3v) is 14.4. The molecule has 1 nitrogen and oxygen atoms in total. The van der Waals surface area contributed by atoms with E-state index in [2.05, 4.69) is 124 Å². The molecule has 6 rings (SSSR count). The lowest BCUT2D eigenvalue weighted by atomic mass is 9.57. The molecule has 0 spiro atoms. The van der Waals surface area contributed by atoms with Crippen molar-refractivity contribution in [3.05, 3.63) is 71.3 Å². The molecule has 46 heavy (non-hydrogen) atoms. The summed E-state index contributed by atoms with van der Waals surface area (Å²) in [5.41, 5.74) is 5.44. The third-order valence-electron chi connectivity index (χ3n) is 14.4. The number of rotatable bonds is 5. The topological polar surface area (TPSA) is 9.23 Å². The Morgan fingerprint density at radius 1 is 0.652 bits per heavy atom. The molecule has 0 radical (unpaired) electrons. The molecule has 1 heteroatoms. The van der Waals surface area contributed by atoms with Gasteiger partial charge in [-0.25, -0.2) is 0 Å². The van der Waals surface area contributed by atoms with Gasteiger partial charge in [-0.15, -0.1) is 0 Å². The van der Waals surface area contributed by atoms with E-state index in [4.69, 9.17) is 4.74 Å². The van der Waals surface area contributed by atoms with Gasteiger partial charge >= 0.3 is 0 Å². The summed E-state index contributed by atoms with van der Waals surface area (Å²) in [5, 5.41) is 0. The Labute approximate surface area is 284 Å². The predicted molar refractivity (Wildman–Crippen MR) is 196 cm³/mol. The van der Waals surface area contributed by atoms with Crippen molar-refractivity contribution in [1.29, 1.82) is 0 Å². The van der Waals surface area contributed by atoms with Gasteiger partial charge in [0.2, 0.25) is 0 Å². The maximum Gasteiger partial charge on any atom is 0.0675 e. The average Bonchev–Trinajstić information content (AvgIpc) is 3.55. The van der Waals surface area contributed by atoms with Crippen LogP contribution in [-0.4, -0.2) is 13.2 Å². The highest BCUT2D eigenvalue weighted by Gasteiger charge is 2.56. The summed E-state index contributed by atoms with van der Waals surface area (Å²) in [7, 11) is 2.00. The first-order valence-electron chi connectivity index (χ1n) is 19.3. The molecular formula is C45H68O. The number of hydrogen-bond acceptors (Lipinski definition) is 1. The van der Waals surface area contributed by atoms with Crippen LogP contribution in [0.15, 0.2) is 54.6 Å². The number of fused-ring (bicyclic) bond motifs is 2. The standard InChI is InChI=1S/C45H68O/c1-28-23-39-38(27-40(45(8,9)10)42(46-11)41(39)30-15-13-12-14-16-30)35(28)24-31-19-22-34-36(25-33(26-37(31)34)44(5,6)7)29-17-20-32(21-18-29)43(2,3)4/h12-18,20-21,28,31,33-42H,19,22-27H2,1-11H3. The van der Waals surface area contributed by atoms with E-state index in [1.807, 2.05) is 7.11 Å². The maximum absolute atomic E-state index is 6.50. The van der Waals surface area contributed by atoms with Crippen molar-refractivity contribution in [2.45, 2.75) is 138 Å². The molecule has 0 aliphatic heterocycles. The molecular weight excluding hydrogens is 556 g/mol. The van der Waals surface area contributed by atoms with Crippen molar-refractivity contribution in [2.75, 3.05) is 7.11 Å². The Kier molecular flexibility index (Phi) is 9.46. The van der Waals surface area contributed by atoms with Gasteiger partial charge in [0, 0.05) is 13.0 Å². The number of ether oxygens (including phenoxy) is 1.